The number of ether oxygens (including phenoxy) is 2. The summed E-state index contributed by atoms with van der Waals surface area (Å²) in [6.45, 7) is 4.29. The van der Waals surface area contributed by atoms with Crippen LogP contribution in [-0.4, -0.2) is 21.5 Å². The van der Waals surface area contributed by atoms with Gasteiger partial charge in [-0.3, -0.25) is 0 Å². The van der Waals surface area contributed by atoms with Crippen molar-refractivity contribution in [1.29, 1.82) is 0 Å². The number of methoxy groups -OCH3 is 2. The maximum absolute atomic E-state index is 9.75. The lowest BCUT2D eigenvalue weighted by Gasteiger charge is -2.12. The Labute approximate surface area is 200 Å². The van der Waals surface area contributed by atoms with Crippen LogP contribution >= 0.6 is 0 Å². The Balaban J connectivity index is 0.000000527. The molecule has 5 rings (SSSR count). The first-order chi connectivity index (χ1) is 16.6. The summed E-state index contributed by atoms with van der Waals surface area (Å²) in [7, 11) is -2.61. The van der Waals surface area contributed by atoms with Crippen LogP contribution in [0.1, 0.15) is 11.4 Å². The first-order valence-electron chi connectivity index (χ1n) is 11.0. The van der Waals surface area contributed by atoms with Gasteiger partial charge in [0.25, 0.3) is 0 Å². The molecule has 0 unspecified atom stereocenters. The highest BCUT2D eigenvalue weighted by atomic mass is 19.5. The molecule has 0 bridgehead atoms. The average molecular weight is 481 g/mol. The third-order valence-corrected chi connectivity index (χ3v) is 5.92. The number of hydrogen-bond donors (Lipinski definition) is 0. The number of fused-ring (bicyclic) bond motifs is 3. The zero-order valence-electron chi connectivity index (χ0n) is 19.8. The van der Waals surface area contributed by atoms with Crippen molar-refractivity contribution >= 4 is 39.6 Å². The van der Waals surface area contributed by atoms with Gasteiger partial charge in [0.15, 0.2) is 11.4 Å². The molecule has 35 heavy (non-hydrogen) atoms. The van der Waals surface area contributed by atoms with Crippen LogP contribution in [0.15, 0.2) is 72.8 Å². The zero-order chi connectivity index (χ0) is 25.3. The molecule has 0 aliphatic heterocycles. The van der Waals surface area contributed by atoms with Crippen LogP contribution in [0.4, 0.5) is 17.3 Å². The predicted octanol–water partition coefficient (Wildman–Crippen LogP) is 7.36. The summed E-state index contributed by atoms with van der Waals surface area (Å²) in [5, 5.41) is 7.22. The van der Waals surface area contributed by atoms with Gasteiger partial charge < -0.3 is 26.7 Å². The van der Waals surface area contributed by atoms with E-state index in [0.717, 1.165) is 39.3 Å². The van der Waals surface area contributed by atoms with Crippen LogP contribution in [0.5, 0.6) is 11.5 Å². The number of aryl methyl sites for hydroxylation is 2. The maximum Gasteiger partial charge on any atom is 0.673 e. The van der Waals surface area contributed by atoms with E-state index in [9.17, 15) is 17.3 Å². The first kappa shape index (κ1) is 24.3. The fraction of sp³-hybridized carbons (Fsp3) is 0.148. The fourth-order valence-corrected chi connectivity index (χ4v) is 4.52. The number of aromatic nitrogens is 1. The van der Waals surface area contributed by atoms with Crippen molar-refractivity contribution in [2.45, 2.75) is 13.8 Å². The minimum absolute atomic E-state index is 0.800. The molecule has 0 saturated carbocycles. The van der Waals surface area contributed by atoms with Crippen molar-refractivity contribution in [1.82, 2.24) is 0 Å². The summed E-state index contributed by atoms with van der Waals surface area (Å²) >= 11 is 0. The predicted molar refractivity (Wildman–Crippen MR) is 133 cm³/mol. The van der Waals surface area contributed by atoms with Crippen molar-refractivity contribution in [3.05, 3.63) is 84.2 Å². The molecule has 0 atom stereocenters. The van der Waals surface area contributed by atoms with Crippen molar-refractivity contribution in [2.24, 2.45) is 0 Å². The molecule has 0 N–H and O–H groups in total. The van der Waals surface area contributed by atoms with Gasteiger partial charge in [0.2, 0.25) is 5.69 Å². The molecule has 4 aromatic carbocycles. The number of pyridine rings is 1. The molecule has 0 spiro atoms. The van der Waals surface area contributed by atoms with Crippen LogP contribution in [0.25, 0.3) is 38.0 Å². The van der Waals surface area contributed by atoms with Gasteiger partial charge >= 0.3 is 7.25 Å². The first-order valence-corrected chi connectivity index (χ1v) is 11.0. The second kappa shape index (κ2) is 9.45. The third kappa shape index (κ3) is 5.16. The van der Waals surface area contributed by atoms with E-state index in [1.54, 1.807) is 14.2 Å². The lowest BCUT2D eigenvalue weighted by Crippen LogP contribution is -2.37. The van der Waals surface area contributed by atoms with Crippen LogP contribution in [-0.2, 0) is 0 Å². The molecular formula is C27H24BF4NO2. The molecule has 180 valence electrons. The highest BCUT2D eigenvalue weighted by Gasteiger charge is 2.22. The van der Waals surface area contributed by atoms with Gasteiger partial charge in [0.1, 0.15) is 11.5 Å². The average Bonchev–Trinajstić information content (AvgIpc) is 2.80. The van der Waals surface area contributed by atoms with Crippen LogP contribution in [0, 0.1) is 13.8 Å². The summed E-state index contributed by atoms with van der Waals surface area (Å²) in [4.78, 5) is 0. The van der Waals surface area contributed by atoms with E-state index < -0.39 is 7.25 Å². The zero-order valence-corrected chi connectivity index (χ0v) is 19.8. The second-order valence-corrected chi connectivity index (χ2v) is 8.23. The highest BCUT2D eigenvalue weighted by molar-refractivity contribution is 6.50. The summed E-state index contributed by atoms with van der Waals surface area (Å²) < 4.78 is 52.5. The summed E-state index contributed by atoms with van der Waals surface area (Å²) in [5.74, 6) is 1.62. The number of benzene rings is 4. The largest absolute Gasteiger partial charge is 0.673 e. The monoisotopic (exact) mass is 481 g/mol. The molecule has 1 heterocycles. The second-order valence-electron chi connectivity index (χ2n) is 8.23. The van der Waals surface area contributed by atoms with Crippen molar-refractivity contribution in [3.8, 4) is 17.2 Å². The fourth-order valence-electron chi connectivity index (χ4n) is 4.52. The quantitative estimate of drug-likeness (QED) is 0.116. The smallest absolute Gasteiger partial charge is 0.497 e. The molecule has 0 saturated heterocycles. The van der Waals surface area contributed by atoms with Gasteiger partial charge in [-0.2, -0.15) is 4.57 Å². The molecule has 0 fully saturated rings. The van der Waals surface area contributed by atoms with Gasteiger partial charge in [0.05, 0.1) is 19.6 Å². The van der Waals surface area contributed by atoms with Gasteiger partial charge in [0, 0.05) is 43.5 Å². The molecule has 0 amide bonds. The molecule has 0 aliphatic rings. The van der Waals surface area contributed by atoms with Crippen molar-refractivity contribution in [3.63, 3.8) is 0 Å². The van der Waals surface area contributed by atoms with Crippen molar-refractivity contribution in [2.75, 3.05) is 14.2 Å². The lowest BCUT2D eigenvalue weighted by atomic mass is 10.0. The van der Waals surface area contributed by atoms with Gasteiger partial charge in [-0.05, 0) is 45.8 Å². The summed E-state index contributed by atoms with van der Waals surface area (Å²) in [6.07, 6.45) is 0. The summed E-state index contributed by atoms with van der Waals surface area (Å²) in [6, 6.07) is 25.9. The van der Waals surface area contributed by atoms with E-state index in [4.69, 9.17) is 9.47 Å². The Bertz CT molecular complexity index is 1540. The molecule has 3 nitrogen and oxygen atoms in total. The van der Waals surface area contributed by atoms with Gasteiger partial charge in [-0.15, -0.1) is 0 Å². The SMILES string of the molecule is COc1cc(OC)c2c(C)[n+](-c3ccc4cc5ccccc5cc4c3)c(C)cc2c1.F[B-](F)(F)F. The van der Waals surface area contributed by atoms with E-state index in [2.05, 4.69) is 85.1 Å². The Morgan fingerprint density at radius 1 is 0.657 bits per heavy atom. The molecule has 0 radical (unpaired) electrons. The minimum Gasteiger partial charge on any atom is -0.497 e. The lowest BCUT2D eigenvalue weighted by molar-refractivity contribution is -0.607. The van der Waals surface area contributed by atoms with E-state index in [1.165, 1.54) is 21.5 Å². The standard InChI is InChI=1S/C27H24NO2.BF4/c1-17-11-23-15-25(29-3)16-26(30-4)27(23)18(2)28(17)24-10-9-21-12-19-7-5-6-8-20(19)13-22(21)14-24;2-1(3,4)5/h5-16H,1-4H3;/q+1;-1. The Hall–Kier alpha value is -3.81. The van der Waals surface area contributed by atoms with Gasteiger partial charge in [-0.25, -0.2) is 0 Å². The van der Waals surface area contributed by atoms with Crippen molar-refractivity contribution < 1.29 is 31.3 Å². The minimum atomic E-state index is -6.00. The van der Waals surface area contributed by atoms with E-state index in [-0.39, 0.29) is 0 Å². The number of hydrogen-bond acceptors (Lipinski definition) is 2. The Morgan fingerprint density at radius 3 is 1.86 bits per heavy atom. The third-order valence-electron chi connectivity index (χ3n) is 5.92. The Morgan fingerprint density at radius 2 is 1.26 bits per heavy atom. The van der Waals surface area contributed by atoms with Crippen LogP contribution < -0.4 is 14.0 Å². The Kier molecular flexibility index (Phi) is 6.57. The number of rotatable bonds is 3. The molecular weight excluding hydrogens is 457 g/mol. The molecule has 0 aliphatic carbocycles. The molecule has 8 heteroatoms. The number of halogens is 4. The van der Waals surface area contributed by atoms with Crippen LogP contribution in [0.3, 0.4) is 0 Å². The van der Waals surface area contributed by atoms with E-state index in [0.29, 0.717) is 0 Å². The highest BCUT2D eigenvalue weighted by Crippen LogP contribution is 2.33. The maximum atomic E-state index is 9.75. The van der Waals surface area contributed by atoms with E-state index in [1.807, 2.05) is 6.07 Å². The normalized spacial score (nSPS) is 11.4. The van der Waals surface area contributed by atoms with Crippen LogP contribution in [0.2, 0.25) is 0 Å². The molecule has 1 aromatic heterocycles. The molecule has 5 aromatic rings. The number of nitrogens with zero attached hydrogens (tertiary/aromatic N) is 1. The van der Waals surface area contributed by atoms with E-state index >= 15 is 0 Å². The topological polar surface area (TPSA) is 22.3 Å². The van der Waals surface area contributed by atoms with Gasteiger partial charge in [-0.1, -0.05) is 24.3 Å². The summed E-state index contributed by atoms with van der Waals surface area (Å²) in [5.41, 5.74) is 3.45.